The molecule has 162 valence electrons. The molecule has 0 spiro atoms. The van der Waals surface area contributed by atoms with E-state index in [0.717, 1.165) is 28.1 Å². The zero-order valence-corrected chi connectivity index (χ0v) is 18.7. The number of rotatable bonds is 6. The number of aryl methyl sites for hydroxylation is 2. The van der Waals surface area contributed by atoms with E-state index < -0.39 is 0 Å². The van der Waals surface area contributed by atoms with Crippen molar-refractivity contribution in [3.8, 4) is 0 Å². The topological polar surface area (TPSA) is 65.5 Å². The Balaban J connectivity index is 1.75. The van der Waals surface area contributed by atoms with Gasteiger partial charge in [0.1, 0.15) is 5.70 Å². The van der Waals surface area contributed by atoms with E-state index in [4.69, 9.17) is 0 Å². The van der Waals surface area contributed by atoms with Crippen LogP contribution in [0.4, 0.5) is 11.4 Å². The third-order valence-electron chi connectivity index (χ3n) is 5.52. The van der Waals surface area contributed by atoms with Gasteiger partial charge >= 0.3 is 0 Å². The first-order valence-electron chi connectivity index (χ1n) is 10.5. The number of carbonyl (C=O) groups excluding carboxylic acids is 2. The minimum atomic E-state index is -0.354. The number of nitrogens with zero attached hydrogens (tertiary/aromatic N) is 3. The van der Waals surface area contributed by atoms with Gasteiger partial charge in [0.25, 0.3) is 11.8 Å². The summed E-state index contributed by atoms with van der Waals surface area (Å²) >= 11 is 0. The van der Waals surface area contributed by atoms with Gasteiger partial charge in [-0.15, -0.1) is 0 Å². The molecule has 1 aliphatic rings. The molecular weight excluding hydrogens is 400 g/mol. The van der Waals surface area contributed by atoms with Crippen molar-refractivity contribution in [1.29, 1.82) is 0 Å². The molecule has 0 radical (unpaired) electrons. The van der Waals surface area contributed by atoms with E-state index in [1.165, 1.54) is 4.90 Å². The van der Waals surface area contributed by atoms with E-state index in [1.54, 1.807) is 12.3 Å². The number of imide groups is 1. The molecule has 0 saturated heterocycles. The van der Waals surface area contributed by atoms with E-state index >= 15 is 0 Å². The molecule has 0 saturated carbocycles. The molecule has 0 aliphatic carbocycles. The largest absolute Gasteiger partial charge is 0.378 e. The normalized spacial score (nSPS) is 13.7. The quantitative estimate of drug-likeness (QED) is 0.600. The third kappa shape index (κ3) is 4.12. The number of pyridine rings is 1. The molecule has 1 aliphatic heterocycles. The minimum Gasteiger partial charge on any atom is -0.378 e. The van der Waals surface area contributed by atoms with E-state index in [0.29, 0.717) is 11.3 Å². The highest BCUT2D eigenvalue weighted by atomic mass is 16.2. The lowest BCUT2D eigenvalue weighted by atomic mass is 9.97. The molecular formula is C26H26N4O2. The number of hydrogen-bond donors (Lipinski definition) is 1. The fourth-order valence-corrected chi connectivity index (χ4v) is 3.82. The van der Waals surface area contributed by atoms with Gasteiger partial charge in [0, 0.05) is 31.7 Å². The molecule has 2 aromatic carbocycles. The van der Waals surface area contributed by atoms with Crippen LogP contribution >= 0.6 is 0 Å². The molecule has 0 fully saturated rings. The molecule has 3 aromatic rings. The lowest BCUT2D eigenvalue weighted by molar-refractivity contribution is -0.137. The molecule has 2 amide bonds. The van der Waals surface area contributed by atoms with Crippen LogP contribution in [0.3, 0.4) is 0 Å². The average molecular weight is 427 g/mol. The van der Waals surface area contributed by atoms with Crippen molar-refractivity contribution in [1.82, 2.24) is 9.88 Å². The van der Waals surface area contributed by atoms with Gasteiger partial charge in [-0.05, 0) is 61.4 Å². The van der Waals surface area contributed by atoms with Crippen molar-refractivity contribution in [2.45, 2.75) is 20.4 Å². The van der Waals surface area contributed by atoms with Crippen LogP contribution in [0.5, 0.6) is 0 Å². The van der Waals surface area contributed by atoms with E-state index in [1.807, 2.05) is 87.4 Å². The highest BCUT2D eigenvalue weighted by Gasteiger charge is 2.39. The van der Waals surface area contributed by atoms with Crippen LogP contribution in [0.1, 0.15) is 22.4 Å². The highest BCUT2D eigenvalue weighted by Crippen LogP contribution is 2.33. The highest BCUT2D eigenvalue weighted by molar-refractivity contribution is 6.36. The molecule has 32 heavy (non-hydrogen) atoms. The van der Waals surface area contributed by atoms with Crippen molar-refractivity contribution < 1.29 is 9.59 Å². The summed E-state index contributed by atoms with van der Waals surface area (Å²) in [5.74, 6) is -0.674. The fraction of sp³-hybridized carbons (Fsp3) is 0.192. The van der Waals surface area contributed by atoms with Gasteiger partial charge in [0.2, 0.25) is 0 Å². The number of hydrogen-bond acceptors (Lipinski definition) is 5. The van der Waals surface area contributed by atoms with Gasteiger partial charge in [-0.2, -0.15) is 0 Å². The van der Waals surface area contributed by atoms with Crippen molar-refractivity contribution in [2.75, 3.05) is 24.3 Å². The van der Waals surface area contributed by atoms with Crippen molar-refractivity contribution in [3.05, 3.63) is 94.9 Å². The number of aromatic nitrogens is 1. The first-order chi connectivity index (χ1) is 15.3. The Labute approximate surface area is 188 Å². The molecule has 0 bridgehead atoms. The molecule has 0 unspecified atom stereocenters. The Hall–Kier alpha value is -3.93. The van der Waals surface area contributed by atoms with Gasteiger partial charge in [-0.25, -0.2) is 0 Å². The van der Waals surface area contributed by atoms with Crippen molar-refractivity contribution in [3.63, 3.8) is 0 Å². The fourth-order valence-electron chi connectivity index (χ4n) is 3.82. The monoisotopic (exact) mass is 426 g/mol. The standard InChI is InChI=1S/C26H26N4O2/c1-17-8-13-22(18(2)15-17)23-24(28-19-9-11-21(12-10-19)29(3)4)26(32)30(25(23)31)16-20-7-5-6-14-27-20/h5-15,28H,16H2,1-4H3. The molecule has 6 heteroatoms. The summed E-state index contributed by atoms with van der Waals surface area (Å²) in [7, 11) is 3.94. The van der Waals surface area contributed by atoms with Crippen molar-refractivity contribution >= 4 is 28.8 Å². The van der Waals surface area contributed by atoms with Crippen LogP contribution in [0.15, 0.2) is 72.6 Å². The zero-order valence-electron chi connectivity index (χ0n) is 18.7. The molecule has 2 heterocycles. The summed E-state index contributed by atoms with van der Waals surface area (Å²) < 4.78 is 0. The Bertz CT molecular complexity index is 1200. The number of anilines is 2. The minimum absolute atomic E-state index is 0.123. The summed E-state index contributed by atoms with van der Waals surface area (Å²) in [5, 5.41) is 3.22. The summed E-state index contributed by atoms with van der Waals surface area (Å²) in [5.41, 5.74) is 5.93. The number of amides is 2. The molecule has 6 nitrogen and oxygen atoms in total. The molecule has 1 N–H and O–H groups in total. The molecule has 1 aromatic heterocycles. The van der Waals surface area contributed by atoms with Crippen molar-refractivity contribution in [2.24, 2.45) is 0 Å². The van der Waals surface area contributed by atoms with Gasteiger partial charge in [0.05, 0.1) is 17.8 Å². The number of carbonyl (C=O) groups is 2. The molecule has 0 atom stereocenters. The second-order valence-electron chi connectivity index (χ2n) is 8.15. The second kappa shape index (κ2) is 8.67. The van der Waals surface area contributed by atoms with Gasteiger partial charge in [0.15, 0.2) is 0 Å². The van der Waals surface area contributed by atoms with E-state index in [-0.39, 0.29) is 24.1 Å². The summed E-state index contributed by atoms with van der Waals surface area (Å²) in [4.78, 5) is 34.4. The summed E-state index contributed by atoms with van der Waals surface area (Å²) in [6.07, 6.45) is 1.66. The van der Waals surface area contributed by atoms with Crippen LogP contribution in [0.2, 0.25) is 0 Å². The van der Waals surface area contributed by atoms with E-state index in [2.05, 4.69) is 10.3 Å². The number of benzene rings is 2. The summed E-state index contributed by atoms with van der Waals surface area (Å²) in [6, 6.07) is 19.1. The van der Waals surface area contributed by atoms with Crippen LogP contribution in [-0.4, -0.2) is 35.8 Å². The van der Waals surface area contributed by atoms with Gasteiger partial charge < -0.3 is 10.2 Å². The number of nitrogens with one attached hydrogen (secondary N) is 1. The van der Waals surface area contributed by atoms with Gasteiger partial charge in [-0.3, -0.25) is 19.5 Å². The van der Waals surface area contributed by atoms with E-state index in [9.17, 15) is 9.59 Å². The predicted octanol–water partition coefficient (Wildman–Crippen LogP) is 4.16. The zero-order chi connectivity index (χ0) is 22.8. The average Bonchev–Trinajstić information content (AvgIpc) is 2.99. The Morgan fingerprint density at radius 1 is 0.938 bits per heavy atom. The maximum Gasteiger partial charge on any atom is 0.278 e. The molecule has 4 rings (SSSR count). The maximum atomic E-state index is 13.5. The first kappa shape index (κ1) is 21.3. The van der Waals surface area contributed by atoms with Crippen LogP contribution < -0.4 is 10.2 Å². The first-order valence-corrected chi connectivity index (χ1v) is 10.5. The lowest BCUT2D eigenvalue weighted by Crippen LogP contribution is -2.32. The smallest absolute Gasteiger partial charge is 0.278 e. The van der Waals surface area contributed by atoms with Gasteiger partial charge in [-0.1, -0.05) is 29.8 Å². The Kier molecular flexibility index (Phi) is 5.77. The Morgan fingerprint density at radius 2 is 1.69 bits per heavy atom. The van der Waals surface area contributed by atoms with Crippen LogP contribution in [0.25, 0.3) is 5.57 Å². The van der Waals surface area contributed by atoms with Crippen LogP contribution in [-0.2, 0) is 16.1 Å². The second-order valence-corrected chi connectivity index (χ2v) is 8.15. The Morgan fingerprint density at radius 3 is 2.31 bits per heavy atom. The predicted molar refractivity (Wildman–Crippen MR) is 127 cm³/mol. The maximum absolute atomic E-state index is 13.5. The van der Waals surface area contributed by atoms with Crippen LogP contribution in [0, 0.1) is 13.8 Å². The lowest BCUT2D eigenvalue weighted by Gasteiger charge is -2.15. The SMILES string of the molecule is Cc1ccc(C2=C(Nc3ccc(N(C)C)cc3)C(=O)N(Cc3ccccn3)C2=O)c(C)c1. The third-order valence-corrected chi connectivity index (χ3v) is 5.52. The summed E-state index contributed by atoms with van der Waals surface area (Å²) in [6.45, 7) is 4.08.